The van der Waals surface area contributed by atoms with Crippen molar-refractivity contribution in [1.29, 1.82) is 0 Å². The second kappa shape index (κ2) is 6.24. The minimum Gasteiger partial charge on any atom is -0.398 e. The van der Waals surface area contributed by atoms with Crippen LogP contribution in [0.25, 0.3) is 0 Å². The van der Waals surface area contributed by atoms with Gasteiger partial charge in [-0.1, -0.05) is 38.3 Å². The maximum atomic E-state index is 6.10. The first-order chi connectivity index (χ1) is 8.72. The summed E-state index contributed by atoms with van der Waals surface area (Å²) in [7, 11) is 0. The van der Waals surface area contributed by atoms with Crippen molar-refractivity contribution in [2.45, 2.75) is 58.5 Å². The molecule has 0 aliphatic carbocycles. The molecule has 1 heterocycles. The molecular formula is C16H26N2. The van der Waals surface area contributed by atoms with Gasteiger partial charge in [0.05, 0.1) is 0 Å². The summed E-state index contributed by atoms with van der Waals surface area (Å²) >= 11 is 0. The highest BCUT2D eigenvalue weighted by Gasteiger charge is 2.21. The number of nitrogens with two attached hydrogens (primary N) is 1. The van der Waals surface area contributed by atoms with Gasteiger partial charge in [-0.2, -0.15) is 0 Å². The molecule has 1 aliphatic heterocycles. The molecule has 2 nitrogen and oxygen atoms in total. The third-order valence-electron chi connectivity index (χ3n) is 4.19. The fourth-order valence-electron chi connectivity index (χ4n) is 2.88. The van der Waals surface area contributed by atoms with Crippen LogP contribution in [-0.4, -0.2) is 17.5 Å². The van der Waals surface area contributed by atoms with Gasteiger partial charge in [0, 0.05) is 24.8 Å². The Kier molecular flexibility index (Phi) is 4.65. The van der Waals surface area contributed by atoms with Gasteiger partial charge in [0.25, 0.3) is 0 Å². The largest absolute Gasteiger partial charge is 0.398 e. The van der Waals surface area contributed by atoms with Crippen molar-refractivity contribution in [2.24, 2.45) is 0 Å². The maximum absolute atomic E-state index is 6.10. The third kappa shape index (κ3) is 3.05. The van der Waals surface area contributed by atoms with Gasteiger partial charge in [-0.05, 0) is 37.0 Å². The Balaban J connectivity index is 1.96. The highest BCUT2D eigenvalue weighted by Crippen LogP contribution is 2.26. The first-order valence-electron chi connectivity index (χ1n) is 7.32. The lowest BCUT2D eigenvalue weighted by molar-refractivity contribution is 0.179. The Morgan fingerprint density at radius 1 is 1.33 bits per heavy atom. The smallest absolute Gasteiger partial charge is 0.0362 e. The fraction of sp³-hybridized carbons (Fsp3) is 0.625. The van der Waals surface area contributed by atoms with E-state index in [0.29, 0.717) is 6.04 Å². The summed E-state index contributed by atoms with van der Waals surface area (Å²) in [4.78, 5) is 2.59. The number of fused-ring (bicyclic) bond motifs is 1. The molecule has 18 heavy (non-hydrogen) atoms. The Morgan fingerprint density at radius 2 is 2.17 bits per heavy atom. The number of nitrogen functional groups attached to an aromatic ring is 1. The van der Waals surface area contributed by atoms with E-state index in [4.69, 9.17) is 5.73 Å². The van der Waals surface area contributed by atoms with Gasteiger partial charge in [0.1, 0.15) is 0 Å². The highest BCUT2D eigenvalue weighted by molar-refractivity contribution is 5.51. The number of anilines is 1. The van der Waals surface area contributed by atoms with Crippen LogP contribution in [0.5, 0.6) is 0 Å². The lowest BCUT2D eigenvalue weighted by Gasteiger charge is -2.34. The zero-order chi connectivity index (χ0) is 13.0. The quantitative estimate of drug-likeness (QED) is 0.635. The van der Waals surface area contributed by atoms with Crippen LogP contribution in [0.1, 0.15) is 50.7 Å². The van der Waals surface area contributed by atoms with Crippen LogP contribution in [0.3, 0.4) is 0 Å². The Bertz CT molecular complexity index is 387. The van der Waals surface area contributed by atoms with E-state index in [2.05, 4.69) is 30.9 Å². The number of hydrogen-bond donors (Lipinski definition) is 1. The molecule has 0 saturated heterocycles. The van der Waals surface area contributed by atoms with Gasteiger partial charge < -0.3 is 5.73 Å². The number of nitrogens with zero attached hydrogens (tertiary/aromatic N) is 1. The summed E-state index contributed by atoms with van der Waals surface area (Å²) < 4.78 is 0. The molecule has 1 unspecified atom stereocenters. The predicted molar refractivity (Wildman–Crippen MR) is 78.6 cm³/mol. The molecule has 0 bridgehead atoms. The average Bonchev–Trinajstić information content (AvgIpc) is 2.39. The summed E-state index contributed by atoms with van der Waals surface area (Å²) in [6.07, 6.45) is 6.49. The van der Waals surface area contributed by atoms with Crippen LogP contribution in [0.15, 0.2) is 18.2 Å². The Morgan fingerprint density at radius 3 is 2.94 bits per heavy atom. The summed E-state index contributed by atoms with van der Waals surface area (Å²) in [5.41, 5.74) is 9.89. The second-order valence-corrected chi connectivity index (χ2v) is 5.55. The van der Waals surface area contributed by atoms with Gasteiger partial charge >= 0.3 is 0 Å². The lowest BCUT2D eigenvalue weighted by atomic mass is 9.96. The third-order valence-corrected chi connectivity index (χ3v) is 4.19. The molecule has 0 aromatic heterocycles. The molecule has 0 spiro atoms. The van der Waals surface area contributed by atoms with Crippen molar-refractivity contribution < 1.29 is 0 Å². The summed E-state index contributed by atoms with van der Waals surface area (Å²) in [6.45, 7) is 6.85. The molecule has 1 aromatic carbocycles. The molecule has 2 N–H and O–H groups in total. The van der Waals surface area contributed by atoms with Crippen molar-refractivity contribution in [3.8, 4) is 0 Å². The van der Waals surface area contributed by atoms with Gasteiger partial charge in [0.15, 0.2) is 0 Å². The SMILES string of the molecule is CCCCCC(C)N1CCc2cccc(N)c2C1. The van der Waals surface area contributed by atoms with Crippen LogP contribution in [0, 0.1) is 0 Å². The van der Waals surface area contributed by atoms with Crippen molar-refractivity contribution in [3.63, 3.8) is 0 Å². The first kappa shape index (κ1) is 13.4. The molecule has 2 heteroatoms. The summed E-state index contributed by atoms with van der Waals surface area (Å²) in [5.74, 6) is 0. The molecular weight excluding hydrogens is 220 g/mol. The zero-order valence-corrected chi connectivity index (χ0v) is 11.8. The summed E-state index contributed by atoms with van der Waals surface area (Å²) in [6, 6.07) is 7.02. The summed E-state index contributed by atoms with van der Waals surface area (Å²) in [5, 5.41) is 0. The standard InChI is InChI=1S/C16H26N2/c1-3-4-5-7-13(2)18-11-10-14-8-6-9-16(17)15(14)12-18/h6,8-9,13H,3-5,7,10-12,17H2,1-2H3. The normalized spacial score (nSPS) is 17.4. The van der Waals surface area contributed by atoms with E-state index in [9.17, 15) is 0 Å². The Hall–Kier alpha value is -1.02. The molecule has 0 saturated carbocycles. The van der Waals surface area contributed by atoms with E-state index < -0.39 is 0 Å². The minimum atomic E-state index is 0.685. The molecule has 1 aromatic rings. The molecule has 2 rings (SSSR count). The molecule has 0 radical (unpaired) electrons. The van der Waals surface area contributed by atoms with Gasteiger partial charge in [-0.25, -0.2) is 0 Å². The van der Waals surface area contributed by atoms with Gasteiger partial charge in [-0.3, -0.25) is 4.90 Å². The van der Waals surface area contributed by atoms with Crippen LogP contribution in [0.2, 0.25) is 0 Å². The monoisotopic (exact) mass is 246 g/mol. The maximum Gasteiger partial charge on any atom is 0.0362 e. The highest BCUT2D eigenvalue weighted by atomic mass is 15.2. The van der Waals surface area contributed by atoms with Gasteiger partial charge in [-0.15, -0.1) is 0 Å². The molecule has 100 valence electrons. The second-order valence-electron chi connectivity index (χ2n) is 5.55. The van der Waals surface area contributed by atoms with E-state index in [1.54, 1.807) is 0 Å². The van der Waals surface area contributed by atoms with E-state index in [1.807, 2.05) is 6.07 Å². The number of rotatable bonds is 5. The number of hydrogen-bond acceptors (Lipinski definition) is 2. The number of benzene rings is 1. The molecule has 1 atom stereocenters. The topological polar surface area (TPSA) is 29.3 Å². The lowest BCUT2D eigenvalue weighted by Crippen LogP contribution is -2.37. The minimum absolute atomic E-state index is 0.685. The van der Waals surface area contributed by atoms with E-state index in [0.717, 1.165) is 18.7 Å². The number of unbranched alkanes of at least 4 members (excludes halogenated alkanes) is 2. The van der Waals surface area contributed by atoms with Crippen LogP contribution < -0.4 is 5.73 Å². The predicted octanol–water partition coefficient (Wildman–Crippen LogP) is 3.60. The van der Waals surface area contributed by atoms with Crippen LogP contribution in [-0.2, 0) is 13.0 Å². The van der Waals surface area contributed by atoms with Crippen molar-refractivity contribution in [1.82, 2.24) is 4.90 Å². The van der Waals surface area contributed by atoms with Crippen LogP contribution >= 0.6 is 0 Å². The molecule has 0 fully saturated rings. The van der Waals surface area contributed by atoms with Crippen molar-refractivity contribution in [2.75, 3.05) is 12.3 Å². The zero-order valence-electron chi connectivity index (χ0n) is 11.8. The molecule has 0 amide bonds. The Labute approximate surface area is 111 Å². The fourth-order valence-corrected chi connectivity index (χ4v) is 2.88. The van der Waals surface area contributed by atoms with E-state index in [-0.39, 0.29) is 0 Å². The van der Waals surface area contributed by atoms with E-state index >= 15 is 0 Å². The van der Waals surface area contributed by atoms with Crippen LogP contribution in [0.4, 0.5) is 5.69 Å². The van der Waals surface area contributed by atoms with Crippen molar-refractivity contribution >= 4 is 5.69 Å². The average molecular weight is 246 g/mol. The van der Waals surface area contributed by atoms with Crippen molar-refractivity contribution in [3.05, 3.63) is 29.3 Å². The molecule has 1 aliphatic rings. The van der Waals surface area contributed by atoms with E-state index in [1.165, 1.54) is 43.4 Å². The van der Waals surface area contributed by atoms with Gasteiger partial charge in [0.2, 0.25) is 0 Å². The first-order valence-corrected chi connectivity index (χ1v) is 7.32.